The fourth-order valence-corrected chi connectivity index (χ4v) is 3.83. The van der Waals surface area contributed by atoms with Gasteiger partial charge in [-0.1, -0.05) is 6.07 Å². The van der Waals surface area contributed by atoms with E-state index in [0.29, 0.717) is 0 Å². The molecule has 0 saturated carbocycles. The Morgan fingerprint density at radius 2 is 2.06 bits per heavy atom. The number of furan rings is 1. The molecule has 1 N–H and O–H groups in total. The Kier molecular flexibility index (Phi) is 6.22. The summed E-state index contributed by atoms with van der Waals surface area (Å²) in [6.45, 7) is 5.12. The second-order valence-electron chi connectivity index (χ2n) is 7.50. The van der Waals surface area contributed by atoms with E-state index in [1.54, 1.807) is 26.4 Å². The van der Waals surface area contributed by atoms with E-state index >= 15 is 0 Å². The number of hydrogen-bond acceptors (Lipinski definition) is 7. The molecule has 2 aromatic heterocycles. The predicted octanol–water partition coefficient (Wildman–Crippen LogP) is 2.44. The standard InChI is InChI=1S/C22H27N5O4/c1-15(23-22(28)18-5-4-12-31-18)21-25-24-20-8-9-26(10-11-27(20)21)14-16-6-7-17(29-2)13-19(16)30-3/h4-7,12-13,15H,8-11,14H2,1-3H3,(H,23,28). The third-order valence-electron chi connectivity index (χ3n) is 5.52. The van der Waals surface area contributed by atoms with Crippen LogP contribution in [0.4, 0.5) is 0 Å². The molecule has 1 atom stereocenters. The monoisotopic (exact) mass is 425 g/mol. The maximum absolute atomic E-state index is 12.3. The van der Waals surface area contributed by atoms with Crippen LogP contribution >= 0.6 is 0 Å². The van der Waals surface area contributed by atoms with Gasteiger partial charge in [-0.05, 0) is 25.1 Å². The molecule has 31 heavy (non-hydrogen) atoms. The zero-order chi connectivity index (χ0) is 21.8. The average Bonchev–Trinajstić information content (AvgIpc) is 3.42. The van der Waals surface area contributed by atoms with Crippen molar-refractivity contribution in [1.82, 2.24) is 25.0 Å². The van der Waals surface area contributed by atoms with Crippen molar-refractivity contribution >= 4 is 5.91 Å². The summed E-state index contributed by atoms with van der Waals surface area (Å²) in [7, 11) is 3.32. The second kappa shape index (κ2) is 9.22. The molecule has 3 heterocycles. The van der Waals surface area contributed by atoms with Crippen molar-refractivity contribution < 1.29 is 18.7 Å². The fourth-order valence-electron chi connectivity index (χ4n) is 3.83. The van der Waals surface area contributed by atoms with Crippen LogP contribution in [0.5, 0.6) is 11.5 Å². The zero-order valence-corrected chi connectivity index (χ0v) is 18.0. The topological polar surface area (TPSA) is 94.6 Å². The predicted molar refractivity (Wildman–Crippen MR) is 113 cm³/mol. The molecule has 9 heteroatoms. The van der Waals surface area contributed by atoms with Crippen molar-refractivity contribution in [3.63, 3.8) is 0 Å². The summed E-state index contributed by atoms with van der Waals surface area (Å²) in [5.41, 5.74) is 1.11. The first kappa shape index (κ1) is 20.9. The van der Waals surface area contributed by atoms with Crippen LogP contribution in [0.15, 0.2) is 41.0 Å². The van der Waals surface area contributed by atoms with Crippen molar-refractivity contribution in [1.29, 1.82) is 0 Å². The number of carbonyl (C=O) groups is 1. The summed E-state index contributed by atoms with van der Waals surface area (Å²) in [4.78, 5) is 14.7. The summed E-state index contributed by atoms with van der Waals surface area (Å²) >= 11 is 0. The summed E-state index contributed by atoms with van der Waals surface area (Å²) in [5, 5.41) is 11.7. The molecule has 0 spiro atoms. The molecule has 1 aromatic carbocycles. The Morgan fingerprint density at radius 3 is 2.81 bits per heavy atom. The Balaban J connectivity index is 1.43. The summed E-state index contributed by atoms with van der Waals surface area (Å²) in [6.07, 6.45) is 2.26. The number of hydrogen-bond donors (Lipinski definition) is 1. The van der Waals surface area contributed by atoms with Crippen molar-refractivity contribution in [3.05, 3.63) is 59.6 Å². The molecule has 1 amide bonds. The normalized spacial score (nSPS) is 15.1. The number of amides is 1. The molecule has 0 radical (unpaired) electrons. The van der Waals surface area contributed by atoms with Gasteiger partial charge < -0.3 is 23.8 Å². The van der Waals surface area contributed by atoms with Gasteiger partial charge in [0.2, 0.25) is 0 Å². The minimum atomic E-state index is -0.285. The van der Waals surface area contributed by atoms with Gasteiger partial charge in [0.1, 0.15) is 17.3 Å². The van der Waals surface area contributed by atoms with Gasteiger partial charge in [0.25, 0.3) is 5.91 Å². The highest BCUT2D eigenvalue weighted by atomic mass is 16.5. The van der Waals surface area contributed by atoms with Gasteiger partial charge in [-0.3, -0.25) is 9.69 Å². The van der Waals surface area contributed by atoms with E-state index < -0.39 is 0 Å². The van der Waals surface area contributed by atoms with E-state index in [1.807, 2.05) is 25.1 Å². The van der Waals surface area contributed by atoms with Crippen molar-refractivity contribution in [3.8, 4) is 11.5 Å². The van der Waals surface area contributed by atoms with E-state index in [9.17, 15) is 4.79 Å². The molecule has 164 valence electrons. The van der Waals surface area contributed by atoms with E-state index in [4.69, 9.17) is 13.9 Å². The average molecular weight is 425 g/mol. The number of nitrogens with one attached hydrogen (secondary N) is 1. The number of nitrogens with zero attached hydrogens (tertiary/aromatic N) is 4. The number of rotatable bonds is 7. The number of fused-ring (bicyclic) bond motifs is 1. The third kappa shape index (κ3) is 4.56. The largest absolute Gasteiger partial charge is 0.497 e. The Bertz CT molecular complexity index is 1030. The summed E-state index contributed by atoms with van der Waals surface area (Å²) in [6, 6.07) is 8.94. The van der Waals surface area contributed by atoms with Crippen molar-refractivity contribution in [2.45, 2.75) is 32.5 Å². The van der Waals surface area contributed by atoms with Crippen LogP contribution in [0.2, 0.25) is 0 Å². The van der Waals surface area contributed by atoms with Gasteiger partial charge in [0.15, 0.2) is 11.6 Å². The lowest BCUT2D eigenvalue weighted by Crippen LogP contribution is -2.30. The van der Waals surface area contributed by atoms with Crippen LogP contribution in [0, 0.1) is 0 Å². The lowest BCUT2D eigenvalue weighted by atomic mass is 10.1. The van der Waals surface area contributed by atoms with E-state index in [0.717, 1.165) is 61.3 Å². The molecule has 0 aliphatic carbocycles. The van der Waals surface area contributed by atoms with Crippen molar-refractivity contribution in [2.75, 3.05) is 27.3 Å². The van der Waals surface area contributed by atoms with Crippen molar-refractivity contribution in [2.24, 2.45) is 0 Å². The number of ether oxygens (including phenoxy) is 2. The number of aromatic nitrogens is 3. The van der Waals surface area contributed by atoms with Gasteiger partial charge in [0, 0.05) is 44.2 Å². The van der Waals surface area contributed by atoms with Gasteiger partial charge in [0.05, 0.1) is 26.5 Å². The van der Waals surface area contributed by atoms with Crippen LogP contribution in [-0.2, 0) is 19.5 Å². The quantitative estimate of drug-likeness (QED) is 0.621. The summed E-state index contributed by atoms with van der Waals surface area (Å²) < 4.78 is 18.1. The van der Waals surface area contributed by atoms with E-state index in [1.165, 1.54) is 6.26 Å². The first-order chi connectivity index (χ1) is 15.1. The molecule has 9 nitrogen and oxygen atoms in total. The smallest absolute Gasteiger partial charge is 0.287 e. The van der Waals surface area contributed by atoms with Gasteiger partial charge >= 0.3 is 0 Å². The molecular formula is C22H27N5O4. The molecule has 4 rings (SSSR count). The fraction of sp³-hybridized carbons (Fsp3) is 0.409. The molecule has 1 aliphatic heterocycles. The highest BCUT2D eigenvalue weighted by Crippen LogP contribution is 2.26. The summed E-state index contributed by atoms with van der Waals surface area (Å²) in [5.74, 6) is 3.28. The molecule has 1 aliphatic rings. The third-order valence-corrected chi connectivity index (χ3v) is 5.52. The maximum atomic E-state index is 12.3. The number of carbonyl (C=O) groups excluding carboxylic acids is 1. The van der Waals surface area contributed by atoms with Crippen LogP contribution in [0.25, 0.3) is 0 Å². The highest BCUT2D eigenvalue weighted by molar-refractivity contribution is 5.91. The first-order valence-corrected chi connectivity index (χ1v) is 10.3. The van der Waals surface area contributed by atoms with Crippen LogP contribution < -0.4 is 14.8 Å². The Hall–Kier alpha value is -3.33. The number of benzene rings is 1. The zero-order valence-electron chi connectivity index (χ0n) is 18.0. The highest BCUT2D eigenvalue weighted by Gasteiger charge is 2.24. The van der Waals surface area contributed by atoms with E-state index in [2.05, 4.69) is 25.0 Å². The van der Waals surface area contributed by atoms with E-state index in [-0.39, 0.29) is 17.7 Å². The minimum absolute atomic E-state index is 0.267. The van der Waals surface area contributed by atoms with Gasteiger partial charge in [-0.25, -0.2) is 0 Å². The SMILES string of the molecule is COc1ccc(CN2CCc3nnc(C(C)NC(=O)c4ccco4)n3CC2)c(OC)c1. The lowest BCUT2D eigenvalue weighted by Gasteiger charge is -2.21. The van der Waals surface area contributed by atoms with Gasteiger partial charge in [-0.2, -0.15) is 0 Å². The first-order valence-electron chi connectivity index (χ1n) is 10.3. The Labute approximate surface area is 181 Å². The molecule has 0 saturated heterocycles. The van der Waals surface area contributed by atoms with Crippen LogP contribution in [0.3, 0.4) is 0 Å². The second-order valence-corrected chi connectivity index (χ2v) is 7.50. The van der Waals surface area contributed by atoms with Gasteiger partial charge in [-0.15, -0.1) is 10.2 Å². The molecule has 3 aromatic rings. The minimum Gasteiger partial charge on any atom is -0.497 e. The lowest BCUT2D eigenvalue weighted by molar-refractivity contribution is 0.0909. The van der Waals surface area contributed by atoms with Crippen LogP contribution in [-0.4, -0.2) is 52.9 Å². The Morgan fingerprint density at radius 1 is 1.19 bits per heavy atom. The molecule has 0 fully saturated rings. The molecule has 1 unspecified atom stereocenters. The maximum Gasteiger partial charge on any atom is 0.287 e. The molecular weight excluding hydrogens is 398 g/mol. The number of methoxy groups -OCH3 is 2. The molecule has 0 bridgehead atoms. The van der Waals surface area contributed by atoms with Crippen LogP contribution in [0.1, 0.15) is 40.7 Å².